The zero-order chi connectivity index (χ0) is 31.2. The lowest BCUT2D eigenvalue weighted by molar-refractivity contribution is 0.672. The average Bonchev–Trinajstić information content (AvgIpc) is 3.55. The highest BCUT2D eigenvalue weighted by Gasteiger charge is 2.18. The first-order valence-electron chi connectivity index (χ1n) is 15.6. The summed E-state index contributed by atoms with van der Waals surface area (Å²) >= 11 is 0. The van der Waals surface area contributed by atoms with Gasteiger partial charge in [-0.1, -0.05) is 133 Å². The Labute approximate surface area is 270 Å². The summed E-state index contributed by atoms with van der Waals surface area (Å²) in [4.78, 5) is 19.8. The fourth-order valence-corrected chi connectivity index (χ4v) is 6.21. The van der Waals surface area contributed by atoms with Crippen LogP contribution >= 0.6 is 0 Å². The summed E-state index contributed by atoms with van der Waals surface area (Å²) in [6, 6.07) is 53.4. The van der Waals surface area contributed by atoms with Crippen LogP contribution in [0.15, 0.2) is 162 Å². The van der Waals surface area contributed by atoms with Crippen LogP contribution in [0.25, 0.3) is 89.4 Å². The third-order valence-corrected chi connectivity index (χ3v) is 8.53. The molecule has 220 valence electrons. The number of fused-ring (bicyclic) bond motifs is 5. The molecule has 9 aromatic rings. The summed E-state index contributed by atoms with van der Waals surface area (Å²) in [5, 5.41) is 3.11. The van der Waals surface area contributed by atoms with E-state index in [9.17, 15) is 0 Å². The number of hydrogen-bond donors (Lipinski definition) is 0. The zero-order valence-electron chi connectivity index (χ0n) is 25.2. The monoisotopic (exact) mass is 602 g/mol. The summed E-state index contributed by atoms with van der Waals surface area (Å²) in [5.41, 5.74) is 9.57. The molecule has 5 heteroatoms. The number of benzene rings is 6. The Morgan fingerprint density at radius 3 is 1.55 bits per heavy atom. The standard InChI is InChI=1S/C42H26N4O/c1-3-12-28(13-4-1)40-44-41(29-14-5-2-6-15-29)46-42(45-40)30-24-22-27(23-25-30)31-16-11-17-32(26-31)38-37-34-19-8-10-21-36(34)47-39(37)33-18-7-9-20-35(33)43-38/h1-26H. The van der Waals surface area contributed by atoms with E-state index in [0.717, 1.165) is 71.9 Å². The van der Waals surface area contributed by atoms with E-state index >= 15 is 0 Å². The second-order valence-electron chi connectivity index (χ2n) is 11.5. The molecule has 9 rings (SSSR count). The molecule has 0 fully saturated rings. The molecule has 0 radical (unpaired) electrons. The van der Waals surface area contributed by atoms with Crippen LogP contribution in [0.1, 0.15) is 0 Å². The highest BCUT2D eigenvalue weighted by molar-refractivity contribution is 6.19. The second-order valence-corrected chi connectivity index (χ2v) is 11.5. The van der Waals surface area contributed by atoms with Crippen molar-refractivity contribution in [1.82, 2.24) is 19.9 Å². The van der Waals surface area contributed by atoms with Gasteiger partial charge < -0.3 is 4.42 Å². The van der Waals surface area contributed by atoms with Crippen molar-refractivity contribution in [1.29, 1.82) is 0 Å². The van der Waals surface area contributed by atoms with Gasteiger partial charge in [0.2, 0.25) is 0 Å². The molecule has 0 atom stereocenters. The largest absolute Gasteiger partial charge is 0.455 e. The van der Waals surface area contributed by atoms with E-state index in [0.29, 0.717) is 17.5 Å². The number of aromatic nitrogens is 4. The Morgan fingerprint density at radius 1 is 0.362 bits per heavy atom. The minimum Gasteiger partial charge on any atom is -0.455 e. The van der Waals surface area contributed by atoms with Crippen LogP contribution in [0.4, 0.5) is 0 Å². The number of nitrogens with zero attached hydrogens (tertiary/aromatic N) is 4. The summed E-state index contributed by atoms with van der Waals surface area (Å²) in [6.07, 6.45) is 0. The predicted molar refractivity (Wildman–Crippen MR) is 190 cm³/mol. The van der Waals surface area contributed by atoms with Crippen molar-refractivity contribution in [3.63, 3.8) is 0 Å². The van der Waals surface area contributed by atoms with Crippen molar-refractivity contribution in [2.45, 2.75) is 0 Å². The molecule has 0 saturated heterocycles. The zero-order valence-corrected chi connectivity index (χ0v) is 25.2. The summed E-state index contributed by atoms with van der Waals surface area (Å²) in [7, 11) is 0. The van der Waals surface area contributed by atoms with Gasteiger partial charge in [0.15, 0.2) is 17.5 Å². The molecule has 6 aromatic carbocycles. The summed E-state index contributed by atoms with van der Waals surface area (Å²) < 4.78 is 6.41. The van der Waals surface area contributed by atoms with Crippen molar-refractivity contribution < 1.29 is 4.42 Å². The molecule has 0 N–H and O–H groups in total. The van der Waals surface area contributed by atoms with E-state index in [1.165, 1.54) is 0 Å². The van der Waals surface area contributed by atoms with Gasteiger partial charge in [0, 0.05) is 33.0 Å². The van der Waals surface area contributed by atoms with Crippen LogP contribution in [-0.4, -0.2) is 19.9 Å². The first-order chi connectivity index (χ1) is 23.3. The molecule has 0 aliphatic rings. The first-order valence-corrected chi connectivity index (χ1v) is 15.6. The smallest absolute Gasteiger partial charge is 0.164 e. The van der Waals surface area contributed by atoms with Crippen LogP contribution in [0.3, 0.4) is 0 Å². The Morgan fingerprint density at radius 2 is 0.872 bits per heavy atom. The van der Waals surface area contributed by atoms with Crippen LogP contribution < -0.4 is 0 Å². The Hall–Kier alpha value is -6.46. The topological polar surface area (TPSA) is 64.7 Å². The first kappa shape index (κ1) is 26.9. The fraction of sp³-hybridized carbons (Fsp3) is 0. The molecule has 5 nitrogen and oxygen atoms in total. The summed E-state index contributed by atoms with van der Waals surface area (Å²) in [6.45, 7) is 0. The molecular weight excluding hydrogens is 576 g/mol. The van der Waals surface area contributed by atoms with Gasteiger partial charge in [-0.25, -0.2) is 19.9 Å². The van der Waals surface area contributed by atoms with E-state index in [1.807, 2.05) is 97.1 Å². The predicted octanol–water partition coefficient (Wildman–Crippen LogP) is 10.7. The number of rotatable bonds is 5. The fourth-order valence-electron chi connectivity index (χ4n) is 6.21. The number of hydrogen-bond acceptors (Lipinski definition) is 5. The minimum atomic E-state index is 0.632. The normalized spacial score (nSPS) is 11.4. The molecule has 0 unspecified atom stereocenters. The third-order valence-electron chi connectivity index (χ3n) is 8.53. The van der Waals surface area contributed by atoms with Gasteiger partial charge in [-0.15, -0.1) is 0 Å². The molecule has 0 saturated carbocycles. The Balaban J connectivity index is 1.13. The van der Waals surface area contributed by atoms with Crippen LogP contribution in [0, 0.1) is 0 Å². The molecule has 3 aromatic heterocycles. The van der Waals surface area contributed by atoms with E-state index < -0.39 is 0 Å². The van der Waals surface area contributed by atoms with Crippen LogP contribution in [0.5, 0.6) is 0 Å². The Kier molecular flexibility index (Phi) is 6.39. The van der Waals surface area contributed by atoms with Crippen molar-refractivity contribution in [3.8, 4) is 56.5 Å². The number of furan rings is 1. The molecule has 0 aliphatic carbocycles. The third kappa shape index (κ3) is 4.82. The van der Waals surface area contributed by atoms with E-state index in [4.69, 9.17) is 24.4 Å². The van der Waals surface area contributed by atoms with Gasteiger partial charge in [-0.2, -0.15) is 0 Å². The lowest BCUT2D eigenvalue weighted by Crippen LogP contribution is -2.00. The SMILES string of the molecule is c1ccc(-c2nc(-c3ccccc3)nc(-c3ccc(-c4cccc(-c5nc6ccccc6c6oc7ccccc7c56)c4)cc3)n2)cc1. The molecule has 47 heavy (non-hydrogen) atoms. The average molecular weight is 603 g/mol. The summed E-state index contributed by atoms with van der Waals surface area (Å²) in [5.74, 6) is 1.92. The lowest BCUT2D eigenvalue weighted by Gasteiger charge is -2.10. The maximum Gasteiger partial charge on any atom is 0.164 e. The highest BCUT2D eigenvalue weighted by atomic mass is 16.3. The highest BCUT2D eigenvalue weighted by Crippen LogP contribution is 2.40. The molecule has 0 spiro atoms. The van der Waals surface area contributed by atoms with Crippen molar-refractivity contribution in [3.05, 3.63) is 158 Å². The number of pyridine rings is 1. The van der Waals surface area contributed by atoms with Gasteiger partial charge in [-0.3, -0.25) is 0 Å². The second kappa shape index (κ2) is 11.2. The maximum atomic E-state index is 6.41. The molecule has 0 amide bonds. The van der Waals surface area contributed by atoms with E-state index in [-0.39, 0.29) is 0 Å². The van der Waals surface area contributed by atoms with Crippen molar-refractivity contribution in [2.75, 3.05) is 0 Å². The van der Waals surface area contributed by atoms with E-state index in [2.05, 4.69) is 60.7 Å². The quantitative estimate of drug-likeness (QED) is 0.196. The van der Waals surface area contributed by atoms with Gasteiger partial charge in [0.05, 0.1) is 16.6 Å². The lowest BCUT2D eigenvalue weighted by atomic mass is 9.97. The molecule has 3 heterocycles. The van der Waals surface area contributed by atoms with Gasteiger partial charge in [0.25, 0.3) is 0 Å². The van der Waals surface area contributed by atoms with Gasteiger partial charge in [0.1, 0.15) is 11.2 Å². The van der Waals surface area contributed by atoms with Crippen molar-refractivity contribution in [2.24, 2.45) is 0 Å². The maximum absolute atomic E-state index is 6.41. The van der Waals surface area contributed by atoms with Gasteiger partial charge >= 0.3 is 0 Å². The van der Waals surface area contributed by atoms with E-state index in [1.54, 1.807) is 0 Å². The van der Waals surface area contributed by atoms with Crippen molar-refractivity contribution >= 4 is 32.8 Å². The Bertz CT molecular complexity index is 2500. The minimum absolute atomic E-state index is 0.632. The van der Waals surface area contributed by atoms with Crippen LogP contribution in [-0.2, 0) is 0 Å². The van der Waals surface area contributed by atoms with Crippen LogP contribution in [0.2, 0.25) is 0 Å². The van der Waals surface area contributed by atoms with Gasteiger partial charge in [-0.05, 0) is 35.4 Å². The molecule has 0 bridgehead atoms. The number of para-hydroxylation sites is 2. The molecular formula is C42H26N4O. The molecule has 0 aliphatic heterocycles.